The number of aliphatic imine (C=N–C) groups is 1. The van der Waals surface area contributed by atoms with Crippen LogP contribution in [0.4, 0.5) is 0 Å². The second kappa shape index (κ2) is 3.42. The zero-order valence-electron chi connectivity index (χ0n) is 7.12. The van der Waals surface area contributed by atoms with Crippen LogP contribution in [0.5, 0.6) is 5.75 Å². The van der Waals surface area contributed by atoms with Gasteiger partial charge in [-0.1, -0.05) is 12.1 Å². The van der Waals surface area contributed by atoms with Crippen molar-refractivity contribution in [2.75, 3.05) is 6.61 Å². The van der Waals surface area contributed by atoms with Crippen LogP contribution in [0.3, 0.4) is 0 Å². The van der Waals surface area contributed by atoms with Crippen LogP contribution in [0.1, 0.15) is 11.1 Å². The molecule has 0 N–H and O–H groups in total. The van der Waals surface area contributed by atoms with Gasteiger partial charge in [-0.3, -0.25) is 0 Å². The van der Waals surface area contributed by atoms with Crippen molar-refractivity contribution in [2.24, 2.45) is 4.99 Å². The first-order valence-electron chi connectivity index (χ1n) is 4.18. The molecule has 0 saturated heterocycles. The molecule has 0 spiro atoms. The number of carbonyl (C=O) groups excluding carboxylic acids is 1. The molecule has 0 unspecified atom stereocenters. The minimum Gasteiger partial charge on any atom is -0.493 e. The Kier molecular flexibility index (Phi) is 2.11. The minimum atomic E-state index is 0.413. The van der Waals surface area contributed by atoms with Crippen molar-refractivity contribution in [3.63, 3.8) is 0 Å². The van der Waals surface area contributed by atoms with Crippen LogP contribution in [-0.2, 0) is 17.8 Å². The maximum Gasteiger partial charge on any atom is 0.235 e. The van der Waals surface area contributed by atoms with Crippen LogP contribution >= 0.6 is 0 Å². The van der Waals surface area contributed by atoms with Crippen LogP contribution in [0, 0.1) is 0 Å². The molecule has 0 atom stereocenters. The summed E-state index contributed by atoms with van der Waals surface area (Å²) < 4.78 is 5.35. The first kappa shape index (κ1) is 8.02. The van der Waals surface area contributed by atoms with Crippen LogP contribution in [0.2, 0.25) is 0 Å². The molecule has 0 aromatic heterocycles. The zero-order chi connectivity index (χ0) is 9.10. The van der Waals surface area contributed by atoms with E-state index in [2.05, 4.69) is 4.99 Å². The van der Waals surface area contributed by atoms with Crippen LogP contribution in [-0.4, -0.2) is 12.7 Å². The van der Waals surface area contributed by atoms with Gasteiger partial charge in [-0.25, -0.2) is 9.79 Å². The molecule has 0 radical (unpaired) electrons. The van der Waals surface area contributed by atoms with Crippen molar-refractivity contribution < 1.29 is 9.53 Å². The maximum absolute atomic E-state index is 9.90. The number of nitrogens with zero attached hydrogens (tertiary/aromatic N) is 1. The zero-order valence-corrected chi connectivity index (χ0v) is 7.12. The van der Waals surface area contributed by atoms with Crippen molar-refractivity contribution in [1.29, 1.82) is 0 Å². The highest BCUT2D eigenvalue weighted by atomic mass is 16.5. The van der Waals surface area contributed by atoms with E-state index in [1.165, 1.54) is 11.6 Å². The molecule has 0 fully saturated rings. The highest BCUT2D eigenvalue weighted by molar-refractivity contribution is 5.40. The summed E-state index contributed by atoms with van der Waals surface area (Å²) in [5.74, 6) is 0.957. The third-order valence-electron chi connectivity index (χ3n) is 2.08. The fourth-order valence-electron chi connectivity index (χ4n) is 1.46. The Morgan fingerprint density at radius 2 is 2.46 bits per heavy atom. The number of hydrogen-bond acceptors (Lipinski definition) is 3. The van der Waals surface area contributed by atoms with Crippen LogP contribution in [0.15, 0.2) is 23.2 Å². The maximum atomic E-state index is 9.90. The second-order valence-corrected chi connectivity index (χ2v) is 2.95. The Morgan fingerprint density at radius 3 is 3.31 bits per heavy atom. The van der Waals surface area contributed by atoms with E-state index in [9.17, 15) is 4.79 Å². The molecule has 2 rings (SSSR count). The largest absolute Gasteiger partial charge is 0.493 e. The molecule has 0 bridgehead atoms. The summed E-state index contributed by atoms with van der Waals surface area (Å²) in [7, 11) is 0. The lowest BCUT2D eigenvalue weighted by atomic mass is 10.1. The lowest BCUT2D eigenvalue weighted by Crippen LogP contribution is -1.85. The predicted molar refractivity (Wildman–Crippen MR) is 47.5 cm³/mol. The van der Waals surface area contributed by atoms with Gasteiger partial charge in [0.15, 0.2) is 0 Å². The van der Waals surface area contributed by atoms with Crippen molar-refractivity contribution in [2.45, 2.75) is 13.0 Å². The Hall–Kier alpha value is -1.60. The SMILES string of the molecule is O=C=NCc1ccc2c(c1)CCO2. The van der Waals surface area contributed by atoms with E-state index in [1.54, 1.807) is 0 Å². The van der Waals surface area contributed by atoms with E-state index in [1.807, 2.05) is 18.2 Å². The Balaban J connectivity index is 2.25. The molecule has 3 nitrogen and oxygen atoms in total. The van der Waals surface area contributed by atoms with Gasteiger partial charge in [0.05, 0.1) is 13.2 Å². The molecule has 1 aliphatic heterocycles. The van der Waals surface area contributed by atoms with E-state index in [-0.39, 0.29) is 0 Å². The number of isocyanates is 1. The minimum absolute atomic E-state index is 0.413. The smallest absolute Gasteiger partial charge is 0.235 e. The Labute approximate surface area is 76.1 Å². The molecule has 1 aromatic rings. The third kappa shape index (κ3) is 1.60. The molecular weight excluding hydrogens is 166 g/mol. The van der Waals surface area contributed by atoms with Crippen molar-refractivity contribution in [3.8, 4) is 5.75 Å². The summed E-state index contributed by atoms with van der Waals surface area (Å²) in [6.07, 6.45) is 2.48. The summed E-state index contributed by atoms with van der Waals surface area (Å²) in [5, 5.41) is 0. The molecule has 1 heterocycles. The predicted octanol–water partition coefficient (Wildman–Crippen LogP) is 1.46. The summed E-state index contributed by atoms with van der Waals surface area (Å²) in [5.41, 5.74) is 2.24. The highest BCUT2D eigenvalue weighted by Gasteiger charge is 2.11. The fourth-order valence-corrected chi connectivity index (χ4v) is 1.46. The first-order chi connectivity index (χ1) is 6.40. The average molecular weight is 175 g/mol. The lowest BCUT2D eigenvalue weighted by molar-refractivity contribution is 0.357. The van der Waals surface area contributed by atoms with Crippen LogP contribution < -0.4 is 4.74 Å². The molecule has 3 heteroatoms. The number of hydrogen-bond donors (Lipinski definition) is 0. The molecule has 66 valence electrons. The Morgan fingerprint density at radius 1 is 1.54 bits per heavy atom. The number of ether oxygens (including phenoxy) is 1. The van der Waals surface area contributed by atoms with E-state index < -0.39 is 0 Å². The fraction of sp³-hybridized carbons (Fsp3) is 0.300. The summed E-state index contributed by atoms with van der Waals surface area (Å²) in [6, 6.07) is 5.88. The third-order valence-corrected chi connectivity index (χ3v) is 2.08. The highest BCUT2D eigenvalue weighted by Crippen LogP contribution is 2.25. The normalized spacial score (nSPS) is 12.9. The quantitative estimate of drug-likeness (QED) is 0.504. The monoisotopic (exact) mass is 175 g/mol. The van der Waals surface area contributed by atoms with Gasteiger partial charge in [-0.2, -0.15) is 0 Å². The van der Waals surface area contributed by atoms with E-state index >= 15 is 0 Å². The number of benzene rings is 1. The summed E-state index contributed by atoms with van der Waals surface area (Å²) in [4.78, 5) is 13.4. The molecular formula is C10H9NO2. The van der Waals surface area contributed by atoms with Gasteiger partial charge in [0.25, 0.3) is 0 Å². The second-order valence-electron chi connectivity index (χ2n) is 2.95. The summed E-state index contributed by atoms with van der Waals surface area (Å²) in [6.45, 7) is 1.17. The van der Waals surface area contributed by atoms with Crippen molar-refractivity contribution in [1.82, 2.24) is 0 Å². The van der Waals surface area contributed by atoms with Gasteiger partial charge in [-0.05, 0) is 17.2 Å². The molecule has 1 aliphatic rings. The van der Waals surface area contributed by atoms with E-state index in [0.29, 0.717) is 6.54 Å². The van der Waals surface area contributed by atoms with Gasteiger partial charge in [-0.15, -0.1) is 0 Å². The molecule has 0 saturated carbocycles. The van der Waals surface area contributed by atoms with E-state index in [4.69, 9.17) is 4.74 Å². The first-order valence-corrected chi connectivity index (χ1v) is 4.18. The van der Waals surface area contributed by atoms with Gasteiger partial charge in [0.2, 0.25) is 6.08 Å². The average Bonchev–Trinajstić information content (AvgIpc) is 2.61. The van der Waals surface area contributed by atoms with Gasteiger partial charge >= 0.3 is 0 Å². The van der Waals surface area contributed by atoms with Gasteiger partial charge in [0.1, 0.15) is 5.75 Å². The summed E-state index contributed by atoms with van der Waals surface area (Å²) >= 11 is 0. The molecule has 13 heavy (non-hydrogen) atoms. The topological polar surface area (TPSA) is 38.7 Å². The lowest BCUT2D eigenvalue weighted by Gasteiger charge is -1.99. The molecule has 0 amide bonds. The Bertz CT molecular complexity index is 367. The number of rotatable bonds is 2. The van der Waals surface area contributed by atoms with Crippen molar-refractivity contribution >= 4 is 6.08 Å². The molecule has 0 aliphatic carbocycles. The van der Waals surface area contributed by atoms with Gasteiger partial charge < -0.3 is 4.74 Å². The standard InChI is InChI=1S/C10H9NO2/c12-7-11-6-8-1-2-10-9(5-8)3-4-13-10/h1-2,5H,3-4,6H2. The van der Waals surface area contributed by atoms with E-state index in [0.717, 1.165) is 24.3 Å². The van der Waals surface area contributed by atoms with Crippen LogP contribution in [0.25, 0.3) is 0 Å². The van der Waals surface area contributed by atoms with Crippen molar-refractivity contribution in [3.05, 3.63) is 29.3 Å². The number of fused-ring (bicyclic) bond motifs is 1. The molecule has 1 aromatic carbocycles. The van der Waals surface area contributed by atoms with Gasteiger partial charge in [0, 0.05) is 6.42 Å².